The first-order valence-electron chi connectivity index (χ1n) is 6.35. The fourth-order valence-electron chi connectivity index (χ4n) is 2.74. The Bertz CT molecular complexity index is 622. The van der Waals surface area contributed by atoms with Gasteiger partial charge in [-0.2, -0.15) is 22.8 Å². The minimum Gasteiger partial charge on any atom is -0.380 e. The fourth-order valence-corrected chi connectivity index (χ4v) is 2.74. The van der Waals surface area contributed by atoms with E-state index in [9.17, 15) is 13.2 Å². The first-order valence-corrected chi connectivity index (χ1v) is 6.35. The Hall–Kier alpha value is -1.93. The summed E-state index contributed by atoms with van der Waals surface area (Å²) >= 11 is 0. The molecule has 0 saturated heterocycles. The van der Waals surface area contributed by atoms with Crippen LogP contribution in [0.2, 0.25) is 0 Å². The molecule has 1 aliphatic rings. The standard InChI is InChI=1S/C11H13F3N6/c12-11(13,14)7-3-1-2-6(4-7)9-18-19-10-8(15)16-5-17-20(9)10/h5-7H,1-4H2,(H2,15,16,17). The van der Waals surface area contributed by atoms with E-state index in [0.717, 1.165) is 0 Å². The van der Waals surface area contributed by atoms with Crippen LogP contribution in [0.4, 0.5) is 19.0 Å². The Morgan fingerprint density at radius 2 is 2.05 bits per heavy atom. The maximum Gasteiger partial charge on any atom is 0.391 e. The molecule has 6 nitrogen and oxygen atoms in total. The van der Waals surface area contributed by atoms with Crippen LogP contribution in [0.25, 0.3) is 5.65 Å². The number of rotatable bonds is 1. The minimum absolute atomic E-state index is 0.0220. The van der Waals surface area contributed by atoms with E-state index in [0.29, 0.717) is 18.7 Å². The van der Waals surface area contributed by atoms with E-state index in [2.05, 4.69) is 20.3 Å². The summed E-state index contributed by atoms with van der Waals surface area (Å²) in [5.41, 5.74) is 5.93. The van der Waals surface area contributed by atoms with Gasteiger partial charge in [0.25, 0.3) is 0 Å². The van der Waals surface area contributed by atoms with Crippen molar-refractivity contribution >= 4 is 11.5 Å². The monoisotopic (exact) mass is 286 g/mol. The van der Waals surface area contributed by atoms with E-state index in [1.807, 2.05) is 0 Å². The molecule has 2 N–H and O–H groups in total. The molecule has 20 heavy (non-hydrogen) atoms. The van der Waals surface area contributed by atoms with Crippen molar-refractivity contribution < 1.29 is 13.2 Å². The Morgan fingerprint density at radius 1 is 1.25 bits per heavy atom. The molecule has 0 bridgehead atoms. The van der Waals surface area contributed by atoms with Crippen molar-refractivity contribution in [2.24, 2.45) is 5.92 Å². The average Bonchev–Trinajstić information content (AvgIpc) is 2.83. The number of halogens is 3. The van der Waals surface area contributed by atoms with Gasteiger partial charge in [0.2, 0.25) is 5.65 Å². The molecule has 0 spiro atoms. The van der Waals surface area contributed by atoms with Crippen LogP contribution in [0, 0.1) is 5.92 Å². The maximum atomic E-state index is 12.8. The zero-order chi connectivity index (χ0) is 14.3. The lowest BCUT2D eigenvalue weighted by Crippen LogP contribution is -2.28. The molecule has 1 fully saturated rings. The molecule has 0 radical (unpaired) electrons. The van der Waals surface area contributed by atoms with Crippen molar-refractivity contribution in [2.75, 3.05) is 5.73 Å². The van der Waals surface area contributed by atoms with Gasteiger partial charge < -0.3 is 5.73 Å². The highest BCUT2D eigenvalue weighted by molar-refractivity contribution is 5.57. The van der Waals surface area contributed by atoms with Gasteiger partial charge in [-0.15, -0.1) is 10.2 Å². The third-order valence-corrected chi connectivity index (χ3v) is 3.76. The van der Waals surface area contributed by atoms with Crippen LogP contribution in [0.3, 0.4) is 0 Å². The topological polar surface area (TPSA) is 82.0 Å². The summed E-state index contributed by atoms with van der Waals surface area (Å²) in [6.07, 6.45) is -1.55. The van der Waals surface area contributed by atoms with Crippen LogP contribution in [0.15, 0.2) is 6.33 Å². The second-order valence-electron chi connectivity index (χ2n) is 5.04. The Labute approximate surface area is 112 Å². The van der Waals surface area contributed by atoms with Crippen LogP contribution < -0.4 is 5.73 Å². The van der Waals surface area contributed by atoms with Crippen molar-refractivity contribution in [1.82, 2.24) is 24.8 Å². The van der Waals surface area contributed by atoms with Crippen molar-refractivity contribution in [3.05, 3.63) is 12.2 Å². The van der Waals surface area contributed by atoms with Crippen LogP contribution in [-0.4, -0.2) is 31.0 Å². The molecule has 1 saturated carbocycles. The number of alkyl halides is 3. The van der Waals surface area contributed by atoms with Crippen molar-refractivity contribution in [2.45, 2.75) is 37.8 Å². The average molecular weight is 286 g/mol. The fraction of sp³-hybridized carbons (Fsp3) is 0.636. The number of hydrogen-bond acceptors (Lipinski definition) is 5. The second kappa shape index (κ2) is 4.57. The van der Waals surface area contributed by atoms with Gasteiger partial charge in [0.15, 0.2) is 11.6 Å². The molecular weight excluding hydrogens is 273 g/mol. The summed E-state index contributed by atoms with van der Waals surface area (Å²) in [5, 5.41) is 11.8. The SMILES string of the molecule is Nc1ncnn2c(C3CCCC(C(F)(F)F)C3)nnc12. The summed E-state index contributed by atoms with van der Waals surface area (Å²) in [5.74, 6) is -0.988. The number of hydrogen-bond donors (Lipinski definition) is 1. The maximum absolute atomic E-state index is 12.8. The van der Waals surface area contributed by atoms with E-state index in [1.165, 1.54) is 10.8 Å². The molecule has 3 rings (SSSR count). The molecule has 1 aliphatic carbocycles. The lowest BCUT2D eigenvalue weighted by atomic mass is 9.80. The Morgan fingerprint density at radius 3 is 2.80 bits per heavy atom. The quantitative estimate of drug-likeness (QED) is 0.866. The summed E-state index contributed by atoms with van der Waals surface area (Å²) in [6, 6.07) is 0. The number of nitrogens with zero attached hydrogens (tertiary/aromatic N) is 5. The molecule has 108 valence electrons. The predicted octanol–water partition coefficient (Wildman–Crippen LogP) is 1.94. The minimum atomic E-state index is -4.16. The zero-order valence-electron chi connectivity index (χ0n) is 10.5. The smallest absolute Gasteiger partial charge is 0.380 e. The Balaban J connectivity index is 1.93. The van der Waals surface area contributed by atoms with Crippen molar-refractivity contribution in [3.63, 3.8) is 0 Å². The molecule has 0 amide bonds. The lowest BCUT2D eigenvalue weighted by molar-refractivity contribution is -0.183. The molecule has 2 atom stereocenters. The van der Waals surface area contributed by atoms with Gasteiger partial charge in [-0.3, -0.25) is 0 Å². The van der Waals surface area contributed by atoms with Gasteiger partial charge >= 0.3 is 6.18 Å². The number of anilines is 1. The highest BCUT2D eigenvalue weighted by Gasteiger charge is 2.43. The van der Waals surface area contributed by atoms with E-state index >= 15 is 0 Å². The van der Waals surface area contributed by atoms with E-state index < -0.39 is 12.1 Å². The number of fused-ring (bicyclic) bond motifs is 1. The van der Waals surface area contributed by atoms with Crippen LogP contribution >= 0.6 is 0 Å². The normalized spacial score (nSPS) is 24.1. The first-order chi connectivity index (χ1) is 9.47. The van der Waals surface area contributed by atoms with Gasteiger partial charge in [0.1, 0.15) is 6.33 Å². The first kappa shape index (κ1) is 13.1. The van der Waals surface area contributed by atoms with Crippen LogP contribution in [0.5, 0.6) is 0 Å². The van der Waals surface area contributed by atoms with Gasteiger partial charge in [-0.05, 0) is 19.3 Å². The number of aromatic nitrogens is 5. The summed E-state index contributed by atoms with van der Waals surface area (Å²) in [4.78, 5) is 3.78. The van der Waals surface area contributed by atoms with E-state index in [-0.39, 0.29) is 30.2 Å². The Kier molecular flexibility index (Phi) is 2.98. The molecular formula is C11H13F3N6. The number of nitrogens with two attached hydrogens (primary N) is 1. The molecule has 2 aromatic heterocycles. The summed E-state index contributed by atoms with van der Waals surface area (Å²) in [7, 11) is 0. The zero-order valence-corrected chi connectivity index (χ0v) is 10.5. The van der Waals surface area contributed by atoms with Gasteiger partial charge in [-0.25, -0.2) is 4.98 Å². The molecule has 2 heterocycles. The molecule has 2 unspecified atom stereocenters. The lowest BCUT2D eigenvalue weighted by Gasteiger charge is -2.29. The van der Waals surface area contributed by atoms with E-state index in [1.54, 1.807) is 0 Å². The second-order valence-corrected chi connectivity index (χ2v) is 5.04. The van der Waals surface area contributed by atoms with Crippen molar-refractivity contribution in [3.8, 4) is 0 Å². The van der Waals surface area contributed by atoms with Gasteiger partial charge in [0, 0.05) is 5.92 Å². The summed E-state index contributed by atoms with van der Waals surface area (Å²) < 4.78 is 39.9. The van der Waals surface area contributed by atoms with Gasteiger partial charge in [0.05, 0.1) is 5.92 Å². The summed E-state index contributed by atoms with van der Waals surface area (Å²) in [6.45, 7) is 0. The van der Waals surface area contributed by atoms with Crippen molar-refractivity contribution in [1.29, 1.82) is 0 Å². The molecule has 2 aromatic rings. The molecule has 0 aliphatic heterocycles. The number of nitrogen functional groups attached to an aromatic ring is 1. The highest BCUT2D eigenvalue weighted by Crippen LogP contribution is 2.43. The predicted molar refractivity (Wildman–Crippen MR) is 63.7 cm³/mol. The van der Waals surface area contributed by atoms with Gasteiger partial charge in [-0.1, -0.05) is 6.42 Å². The molecule has 0 aromatic carbocycles. The molecule has 9 heteroatoms. The highest BCUT2D eigenvalue weighted by atomic mass is 19.4. The van der Waals surface area contributed by atoms with E-state index in [4.69, 9.17) is 5.73 Å². The van der Waals surface area contributed by atoms with Crippen LogP contribution in [-0.2, 0) is 0 Å². The third-order valence-electron chi connectivity index (χ3n) is 3.76. The largest absolute Gasteiger partial charge is 0.391 e. The third kappa shape index (κ3) is 2.16. The van der Waals surface area contributed by atoms with Crippen LogP contribution in [0.1, 0.15) is 37.4 Å².